The van der Waals surface area contributed by atoms with Gasteiger partial charge in [0.05, 0.1) is 4.88 Å². The first-order valence-corrected chi connectivity index (χ1v) is 11.2. The third kappa shape index (κ3) is 5.07. The molecular weight excluding hydrogens is 394 g/mol. The normalized spacial score (nSPS) is 14.1. The average molecular weight is 420 g/mol. The van der Waals surface area contributed by atoms with Gasteiger partial charge < -0.3 is 15.5 Å². The highest BCUT2D eigenvalue weighted by Gasteiger charge is 2.12. The minimum absolute atomic E-state index is 0.174. The molecule has 2 heterocycles. The molecule has 0 spiro atoms. The van der Waals surface area contributed by atoms with Crippen LogP contribution in [-0.4, -0.2) is 24.9 Å². The van der Waals surface area contributed by atoms with E-state index < -0.39 is 0 Å². The Morgan fingerprint density at radius 2 is 1.50 bits per heavy atom. The molecule has 0 aliphatic carbocycles. The Balaban J connectivity index is 1.39. The SMILES string of the molecule is O=C(Nc1ccc(N2CCCCCC2)cc1)c1cccc(NC(=O)c2cccs2)c1. The molecule has 1 aliphatic heterocycles. The second kappa shape index (κ2) is 9.59. The second-order valence-electron chi connectivity index (χ2n) is 7.41. The molecule has 2 amide bonds. The van der Waals surface area contributed by atoms with Gasteiger partial charge >= 0.3 is 0 Å². The van der Waals surface area contributed by atoms with E-state index in [2.05, 4.69) is 27.7 Å². The quantitative estimate of drug-likeness (QED) is 0.563. The first-order chi connectivity index (χ1) is 14.7. The van der Waals surface area contributed by atoms with E-state index in [1.165, 1.54) is 42.7 Å². The van der Waals surface area contributed by atoms with Crippen LogP contribution in [0.15, 0.2) is 66.0 Å². The van der Waals surface area contributed by atoms with Crippen LogP contribution in [0.2, 0.25) is 0 Å². The van der Waals surface area contributed by atoms with Crippen LogP contribution in [0.1, 0.15) is 45.7 Å². The minimum Gasteiger partial charge on any atom is -0.372 e. The third-order valence-corrected chi connectivity index (χ3v) is 6.09. The molecule has 2 aromatic carbocycles. The summed E-state index contributed by atoms with van der Waals surface area (Å²) in [6, 6.07) is 18.6. The van der Waals surface area contributed by atoms with Crippen LogP contribution in [0.4, 0.5) is 17.1 Å². The molecule has 30 heavy (non-hydrogen) atoms. The van der Waals surface area contributed by atoms with Gasteiger partial charge in [0.15, 0.2) is 0 Å². The molecule has 0 unspecified atom stereocenters. The molecule has 154 valence electrons. The molecule has 0 bridgehead atoms. The van der Waals surface area contributed by atoms with E-state index in [-0.39, 0.29) is 11.8 Å². The van der Waals surface area contributed by atoms with Crippen molar-refractivity contribution in [3.63, 3.8) is 0 Å². The first-order valence-electron chi connectivity index (χ1n) is 10.3. The van der Waals surface area contributed by atoms with E-state index in [0.29, 0.717) is 16.1 Å². The van der Waals surface area contributed by atoms with Crippen molar-refractivity contribution >= 4 is 40.2 Å². The van der Waals surface area contributed by atoms with Gasteiger partial charge in [0.25, 0.3) is 11.8 Å². The van der Waals surface area contributed by atoms with Crippen LogP contribution in [-0.2, 0) is 0 Å². The number of thiophene rings is 1. The van der Waals surface area contributed by atoms with Crippen LogP contribution in [0.25, 0.3) is 0 Å². The number of nitrogens with one attached hydrogen (secondary N) is 2. The lowest BCUT2D eigenvalue weighted by Crippen LogP contribution is -2.23. The van der Waals surface area contributed by atoms with Crippen molar-refractivity contribution in [3.8, 4) is 0 Å². The Bertz CT molecular complexity index is 992. The molecule has 1 fully saturated rings. The zero-order chi connectivity index (χ0) is 20.8. The largest absolute Gasteiger partial charge is 0.372 e. The summed E-state index contributed by atoms with van der Waals surface area (Å²) >= 11 is 1.38. The number of amides is 2. The monoisotopic (exact) mass is 419 g/mol. The maximum absolute atomic E-state index is 12.7. The van der Waals surface area contributed by atoms with Crippen molar-refractivity contribution in [1.82, 2.24) is 0 Å². The van der Waals surface area contributed by atoms with Gasteiger partial charge in [-0.05, 0) is 66.8 Å². The van der Waals surface area contributed by atoms with Gasteiger partial charge in [0.2, 0.25) is 0 Å². The van der Waals surface area contributed by atoms with Crippen LogP contribution in [0.5, 0.6) is 0 Å². The van der Waals surface area contributed by atoms with Crippen molar-refractivity contribution < 1.29 is 9.59 Å². The zero-order valence-corrected chi connectivity index (χ0v) is 17.6. The predicted molar refractivity (Wildman–Crippen MR) is 124 cm³/mol. The molecule has 0 radical (unpaired) electrons. The summed E-state index contributed by atoms with van der Waals surface area (Å²) in [6.07, 6.45) is 5.07. The van der Waals surface area contributed by atoms with Gasteiger partial charge in [-0.15, -0.1) is 11.3 Å². The number of nitrogens with zero attached hydrogens (tertiary/aromatic N) is 1. The fraction of sp³-hybridized carbons (Fsp3) is 0.250. The fourth-order valence-electron chi connectivity index (χ4n) is 3.63. The maximum Gasteiger partial charge on any atom is 0.265 e. The minimum atomic E-state index is -0.204. The standard InChI is InChI=1S/C24H25N3O2S/c28-23(18-7-5-8-20(17-18)26-24(29)22-9-6-16-30-22)25-19-10-12-21(13-11-19)27-14-3-1-2-4-15-27/h5-13,16-17H,1-4,14-15H2,(H,25,28)(H,26,29). The fourth-order valence-corrected chi connectivity index (χ4v) is 4.25. The smallest absolute Gasteiger partial charge is 0.265 e. The summed E-state index contributed by atoms with van der Waals surface area (Å²) in [4.78, 5) is 28.0. The number of carbonyl (C=O) groups excluding carboxylic acids is 2. The molecular formula is C24H25N3O2S. The van der Waals surface area contributed by atoms with Crippen LogP contribution in [0, 0.1) is 0 Å². The number of carbonyl (C=O) groups is 2. The number of hydrogen-bond donors (Lipinski definition) is 2. The Labute approximate surface area is 180 Å². The maximum atomic E-state index is 12.7. The van der Waals surface area contributed by atoms with E-state index in [1.54, 1.807) is 30.3 Å². The number of benzene rings is 2. The molecule has 0 atom stereocenters. The number of rotatable bonds is 5. The zero-order valence-electron chi connectivity index (χ0n) is 16.8. The Morgan fingerprint density at radius 3 is 2.20 bits per heavy atom. The first kappa shape index (κ1) is 20.2. The average Bonchev–Trinajstić information content (AvgIpc) is 3.18. The van der Waals surface area contributed by atoms with Crippen molar-refractivity contribution in [2.45, 2.75) is 25.7 Å². The molecule has 5 nitrogen and oxygen atoms in total. The predicted octanol–water partition coefficient (Wildman–Crippen LogP) is 5.63. The van der Waals surface area contributed by atoms with Gasteiger partial charge in [-0.25, -0.2) is 0 Å². The van der Waals surface area contributed by atoms with E-state index in [0.717, 1.165) is 18.8 Å². The topological polar surface area (TPSA) is 61.4 Å². The summed E-state index contributed by atoms with van der Waals surface area (Å²) in [7, 11) is 0. The van der Waals surface area contributed by atoms with E-state index in [9.17, 15) is 9.59 Å². The highest BCUT2D eigenvalue weighted by atomic mass is 32.1. The summed E-state index contributed by atoms with van der Waals surface area (Å²) in [5.74, 6) is -0.378. The molecule has 3 aromatic rings. The molecule has 1 aromatic heterocycles. The molecule has 1 aliphatic rings. The lowest BCUT2D eigenvalue weighted by atomic mass is 10.1. The van der Waals surface area contributed by atoms with Gasteiger partial charge in [-0.1, -0.05) is 25.0 Å². The highest BCUT2D eigenvalue weighted by Crippen LogP contribution is 2.22. The third-order valence-electron chi connectivity index (χ3n) is 5.22. The van der Waals surface area contributed by atoms with Crippen molar-refractivity contribution in [3.05, 3.63) is 76.5 Å². The summed E-state index contributed by atoms with van der Waals surface area (Å²) in [6.45, 7) is 2.19. The lowest BCUT2D eigenvalue weighted by molar-refractivity contribution is 0.101. The lowest BCUT2D eigenvalue weighted by Gasteiger charge is -2.22. The van der Waals surface area contributed by atoms with Crippen LogP contribution < -0.4 is 15.5 Å². The number of anilines is 3. The summed E-state index contributed by atoms with van der Waals surface area (Å²) in [5, 5.41) is 7.64. The molecule has 4 rings (SSSR count). The van der Waals surface area contributed by atoms with Gasteiger partial charge in [0, 0.05) is 35.7 Å². The van der Waals surface area contributed by atoms with Gasteiger partial charge in [-0.2, -0.15) is 0 Å². The van der Waals surface area contributed by atoms with Crippen LogP contribution >= 0.6 is 11.3 Å². The van der Waals surface area contributed by atoms with E-state index in [4.69, 9.17) is 0 Å². The Morgan fingerprint density at radius 1 is 0.767 bits per heavy atom. The van der Waals surface area contributed by atoms with Crippen molar-refractivity contribution in [2.75, 3.05) is 28.6 Å². The Hall–Kier alpha value is -3.12. The van der Waals surface area contributed by atoms with Gasteiger partial charge in [-0.3, -0.25) is 9.59 Å². The summed E-state index contributed by atoms with van der Waals surface area (Å²) in [5.41, 5.74) is 3.05. The Kier molecular flexibility index (Phi) is 6.44. The van der Waals surface area contributed by atoms with Crippen molar-refractivity contribution in [1.29, 1.82) is 0 Å². The highest BCUT2D eigenvalue weighted by molar-refractivity contribution is 7.12. The van der Waals surface area contributed by atoms with Gasteiger partial charge in [0.1, 0.15) is 0 Å². The molecule has 0 saturated carbocycles. The number of hydrogen-bond acceptors (Lipinski definition) is 4. The molecule has 2 N–H and O–H groups in total. The molecule has 1 saturated heterocycles. The van der Waals surface area contributed by atoms with E-state index in [1.807, 2.05) is 23.6 Å². The van der Waals surface area contributed by atoms with E-state index >= 15 is 0 Å². The second-order valence-corrected chi connectivity index (χ2v) is 8.36. The van der Waals surface area contributed by atoms with Crippen molar-refractivity contribution in [2.24, 2.45) is 0 Å². The molecule has 6 heteroatoms. The summed E-state index contributed by atoms with van der Waals surface area (Å²) < 4.78 is 0. The van der Waals surface area contributed by atoms with Crippen LogP contribution in [0.3, 0.4) is 0 Å².